The third-order valence-electron chi connectivity index (χ3n) is 1.86. The van der Waals surface area contributed by atoms with Crippen molar-refractivity contribution < 1.29 is 14.3 Å². The summed E-state index contributed by atoms with van der Waals surface area (Å²) in [6.45, 7) is 4.35. The number of allylic oxidation sites excluding steroid dienone is 1. The van der Waals surface area contributed by atoms with Gasteiger partial charge in [0.2, 0.25) is 0 Å². The van der Waals surface area contributed by atoms with Crippen LogP contribution in [0.5, 0.6) is 0 Å². The molecule has 1 rings (SSSR count). The first-order valence-corrected chi connectivity index (χ1v) is 4.22. The summed E-state index contributed by atoms with van der Waals surface area (Å²) in [5.41, 5.74) is 0. The molecule has 0 radical (unpaired) electrons. The number of esters is 1. The van der Waals surface area contributed by atoms with Gasteiger partial charge in [0.05, 0.1) is 12.7 Å². The van der Waals surface area contributed by atoms with Crippen molar-refractivity contribution in [1.82, 2.24) is 0 Å². The highest BCUT2D eigenvalue weighted by atomic mass is 16.6. The predicted octanol–water partition coefficient (Wildman–Crippen LogP) is 1.28. The minimum Gasteiger partial charge on any atom is -0.454 e. The Morgan fingerprint density at radius 1 is 1.75 bits per heavy atom. The zero-order valence-corrected chi connectivity index (χ0v) is 7.45. The van der Waals surface area contributed by atoms with Crippen molar-refractivity contribution in [1.29, 1.82) is 0 Å². The molecule has 0 spiro atoms. The van der Waals surface area contributed by atoms with Crippen molar-refractivity contribution >= 4 is 5.97 Å². The van der Waals surface area contributed by atoms with Crippen LogP contribution in [-0.4, -0.2) is 24.8 Å². The average Bonchev–Trinajstić information content (AvgIpc) is 2.00. The molecule has 0 aromatic heterocycles. The van der Waals surface area contributed by atoms with E-state index in [2.05, 4.69) is 0 Å². The van der Waals surface area contributed by atoms with E-state index in [0.717, 1.165) is 6.42 Å². The molecular formula is C9H14O3. The molecule has 2 atom stereocenters. The van der Waals surface area contributed by atoms with Crippen LogP contribution in [-0.2, 0) is 14.3 Å². The van der Waals surface area contributed by atoms with Crippen LogP contribution >= 0.6 is 0 Å². The second kappa shape index (κ2) is 4.26. The van der Waals surface area contributed by atoms with Crippen LogP contribution < -0.4 is 0 Å². The summed E-state index contributed by atoms with van der Waals surface area (Å²) in [6.07, 6.45) is 4.07. The second-order valence-corrected chi connectivity index (χ2v) is 2.76. The summed E-state index contributed by atoms with van der Waals surface area (Å²) in [4.78, 5) is 10.9. The lowest BCUT2D eigenvalue weighted by Gasteiger charge is -2.34. The van der Waals surface area contributed by atoms with Crippen molar-refractivity contribution in [3.63, 3.8) is 0 Å². The third kappa shape index (κ3) is 2.08. The summed E-state index contributed by atoms with van der Waals surface area (Å²) >= 11 is 0. The zero-order chi connectivity index (χ0) is 8.97. The molecule has 1 heterocycles. The van der Waals surface area contributed by atoms with Crippen LogP contribution in [0.2, 0.25) is 0 Å². The van der Waals surface area contributed by atoms with Crippen LogP contribution in [0.15, 0.2) is 12.2 Å². The first-order valence-electron chi connectivity index (χ1n) is 4.22. The Bertz CT molecular complexity index is 184. The summed E-state index contributed by atoms with van der Waals surface area (Å²) in [5, 5.41) is 0. The minimum absolute atomic E-state index is 0.0290. The van der Waals surface area contributed by atoms with Crippen LogP contribution in [0.1, 0.15) is 20.3 Å². The van der Waals surface area contributed by atoms with E-state index in [0.29, 0.717) is 6.61 Å². The lowest BCUT2D eigenvalue weighted by Crippen LogP contribution is -2.47. The van der Waals surface area contributed by atoms with E-state index in [4.69, 9.17) is 9.47 Å². The molecule has 1 fully saturated rings. The minimum atomic E-state index is -0.274. The van der Waals surface area contributed by atoms with Gasteiger partial charge in [-0.05, 0) is 13.3 Å². The van der Waals surface area contributed by atoms with Gasteiger partial charge >= 0.3 is 5.97 Å². The standard InChI is InChI=1S/C9H14O3/c1-3-5-9(10)12-8-6-11-7(8)4-2/h3,5,7-8H,4,6H2,1-2H3. The van der Waals surface area contributed by atoms with Gasteiger partial charge in [-0.3, -0.25) is 0 Å². The SMILES string of the molecule is CC=CC(=O)OC1COC1CC. The highest BCUT2D eigenvalue weighted by Gasteiger charge is 2.33. The van der Waals surface area contributed by atoms with Gasteiger partial charge in [0.15, 0.2) is 6.10 Å². The second-order valence-electron chi connectivity index (χ2n) is 2.76. The number of hydrogen-bond acceptors (Lipinski definition) is 3. The highest BCUT2D eigenvalue weighted by molar-refractivity contribution is 5.82. The van der Waals surface area contributed by atoms with Crippen LogP contribution in [0.4, 0.5) is 0 Å². The van der Waals surface area contributed by atoms with Crippen molar-refractivity contribution in [2.24, 2.45) is 0 Å². The Labute approximate surface area is 72.4 Å². The molecule has 0 aromatic carbocycles. The van der Waals surface area contributed by atoms with Crippen LogP contribution in [0.3, 0.4) is 0 Å². The summed E-state index contributed by atoms with van der Waals surface area (Å²) in [6, 6.07) is 0. The molecule has 68 valence electrons. The van der Waals surface area contributed by atoms with Gasteiger partial charge in [-0.2, -0.15) is 0 Å². The molecule has 2 unspecified atom stereocenters. The van der Waals surface area contributed by atoms with Gasteiger partial charge in [0, 0.05) is 6.08 Å². The highest BCUT2D eigenvalue weighted by Crippen LogP contribution is 2.19. The van der Waals surface area contributed by atoms with Crippen molar-refractivity contribution in [2.75, 3.05) is 6.61 Å². The van der Waals surface area contributed by atoms with Crippen molar-refractivity contribution in [3.8, 4) is 0 Å². The van der Waals surface area contributed by atoms with E-state index in [1.165, 1.54) is 6.08 Å². The predicted molar refractivity (Wildman–Crippen MR) is 44.7 cm³/mol. The molecule has 3 nitrogen and oxygen atoms in total. The molecule has 3 heteroatoms. The molecule has 12 heavy (non-hydrogen) atoms. The Morgan fingerprint density at radius 2 is 2.50 bits per heavy atom. The van der Waals surface area contributed by atoms with Crippen LogP contribution in [0.25, 0.3) is 0 Å². The van der Waals surface area contributed by atoms with E-state index < -0.39 is 0 Å². The fourth-order valence-electron chi connectivity index (χ4n) is 1.13. The number of carbonyl (C=O) groups excluding carboxylic acids is 1. The zero-order valence-electron chi connectivity index (χ0n) is 7.45. The van der Waals surface area contributed by atoms with Crippen molar-refractivity contribution in [2.45, 2.75) is 32.5 Å². The van der Waals surface area contributed by atoms with Gasteiger partial charge in [-0.15, -0.1) is 0 Å². The van der Waals surface area contributed by atoms with E-state index in [9.17, 15) is 4.79 Å². The van der Waals surface area contributed by atoms with Gasteiger partial charge in [0.25, 0.3) is 0 Å². The summed E-state index contributed by atoms with van der Waals surface area (Å²) in [5.74, 6) is -0.274. The first-order chi connectivity index (χ1) is 5.77. The average molecular weight is 170 g/mol. The van der Waals surface area contributed by atoms with Gasteiger partial charge in [-0.25, -0.2) is 4.79 Å². The quantitative estimate of drug-likeness (QED) is 0.473. The molecular weight excluding hydrogens is 156 g/mol. The lowest BCUT2D eigenvalue weighted by molar-refractivity contribution is -0.194. The van der Waals surface area contributed by atoms with E-state index in [-0.39, 0.29) is 18.2 Å². The lowest BCUT2D eigenvalue weighted by atomic mass is 10.1. The number of carbonyl (C=O) groups is 1. The molecule has 0 N–H and O–H groups in total. The Balaban J connectivity index is 2.27. The maximum absolute atomic E-state index is 10.9. The Morgan fingerprint density at radius 3 is 2.92 bits per heavy atom. The van der Waals surface area contributed by atoms with Gasteiger partial charge in [0.1, 0.15) is 0 Å². The summed E-state index contributed by atoms with van der Waals surface area (Å²) < 4.78 is 10.2. The Hall–Kier alpha value is -0.830. The van der Waals surface area contributed by atoms with E-state index in [1.54, 1.807) is 13.0 Å². The fraction of sp³-hybridized carbons (Fsp3) is 0.667. The maximum Gasteiger partial charge on any atom is 0.330 e. The Kier molecular flexibility index (Phi) is 3.29. The molecule has 0 amide bonds. The molecule has 1 aliphatic heterocycles. The number of ether oxygens (including phenoxy) is 2. The molecule has 1 saturated heterocycles. The third-order valence-corrected chi connectivity index (χ3v) is 1.86. The monoisotopic (exact) mass is 170 g/mol. The fourth-order valence-corrected chi connectivity index (χ4v) is 1.13. The molecule has 0 aliphatic carbocycles. The first kappa shape index (κ1) is 9.26. The summed E-state index contributed by atoms with van der Waals surface area (Å²) in [7, 11) is 0. The smallest absolute Gasteiger partial charge is 0.330 e. The van der Waals surface area contributed by atoms with Gasteiger partial charge in [-0.1, -0.05) is 13.0 Å². The van der Waals surface area contributed by atoms with E-state index >= 15 is 0 Å². The normalized spacial score (nSPS) is 28.5. The van der Waals surface area contributed by atoms with Crippen LogP contribution in [0, 0.1) is 0 Å². The topological polar surface area (TPSA) is 35.5 Å². The number of hydrogen-bond donors (Lipinski definition) is 0. The molecule has 0 saturated carbocycles. The molecule has 0 bridgehead atoms. The maximum atomic E-state index is 10.9. The van der Waals surface area contributed by atoms with Crippen molar-refractivity contribution in [3.05, 3.63) is 12.2 Å². The van der Waals surface area contributed by atoms with Gasteiger partial charge < -0.3 is 9.47 Å². The van der Waals surface area contributed by atoms with E-state index in [1.807, 2.05) is 6.92 Å². The molecule has 0 aromatic rings. The number of rotatable bonds is 3. The largest absolute Gasteiger partial charge is 0.454 e. The molecule has 1 aliphatic rings.